The van der Waals surface area contributed by atoms with Crippen molar-refractivity contribution < 1.29 is 14.3 Å². The van der Waals surface area contributed by atoms with Gasteiger partial charge in [0.25, 0.3) is 11.8 Å². The monoisotopic (exact) mass is 416 g/mol. The molecule has 31 heavy (non-hydrogen) atoms. The summed E-state index contributed by atoms with van der Waals surface area (Å²) in [6.45, 7) is 7.53. The van der Waals surface area contributed by atoms with E-state index in [4.69, 9.17) is 4.74 Å². The zero-order chi connectivity index (χ0) is 22.4. The lowest BCUT2D eigenvalue weighted by molar-refractivity contribution is -0.122. The molecule has 0 aliphatic rings. The maximum absolute atomic E-state index is 12.9. The Bertz CT molecular complexity index is 1060. The molecular formula is C26H28N2O3. The van der Waals surface area contributed by atoms with E-state index in [0.29, 0.717) is 17.0 Å². The SMILES string of the molecule is Cc1ccc(C)c(O[C@@H](C)C(=O)Nc2ccccc2C(=O)N[C@@H](C)c2ccccc2)c1. The molecule has 0 radical (unpaired) electrons. The molecule has 0 spiro atoms. The van der Waals surface area contributed by atoms with Gasteiger partial charge in [-0.05, 0) is 62.6 Å². The van der Waals surface area contributed by atoms with Gasteiger partial charge in [0.15, 0.2) is 6.10 Å². The fourth-order valence-corrected chi connectivity index (χ4v) is 3.20. The van der Waals surface area contributed by atoms with Gasteiger partial charge in [0.05, 0.1) is 17.3 Å². The summed E-state index contributed by atoms with van der Waals surface area (Å²) in [6.07, 6.45) is -0.722. The minimum atomic E-state index is -0.722. The van der Waals surface area contributed by atoms with Gasteiger partial charge in [-0.15, -0.1) is 0 Å². The quantitative estimate of drug-likeness (QED) is 0.556. The predicted octanol–water partition coefficient (Wildman–Crippen LogP) is 5.20. The third-order valence-electron chi connectivity index (χ3n) is 5.09. The highest BCUT2D eigenvalue weighted by Gasteiger charge is 2.20. The fraction of sp³-hybridized carbons (Fsp3) is 0.231. The van der Waals surface area contributed by atoms with Crippen LogP contribution in [0.25, 0.3) is 0 Å². The van der Waals surface area contributed by atoms with Gasteiger partial charge in [-0.2, -0.15) is 0 Å². The molecule has 0 aliphatic heterocycles. The molecule has 160 valence electrons. The van der Waals surface area contributed by atoms with Crippen molar-refractivity contribution in [3.8, 4) is 5.75 Å². The van der Waals surface area contributed by atoms with E-state index in [-0.39, 0.29) is 17.9 Å². The first-order valence-corrected chi connectivity index (χ1v) is 10.3. The van der Waals surface area contributed by atoms with E-state index >= 15 is 0 Å². The summed E-state index contributed by atoms with van der Waals surface area (Å²) in [4.78, 5) is 25.6. The Hall–Kier alpha value is -3.60. The van der Waals surface area contributed by atoms with Crippen LogP contribution in [0.4, 0.5) is 5.69 Å². The first-order chi connectivity index (χ1) is 14.8. The number of amides is 2. The second kappa shape index (κ2) is 9.94. The Kier molecular flexibility index (Phi) is 7.08. The van der Waals surface area contributed by atoms with E-state index in [1.807, 2.05) is 69.3 Å². The van der Waals surface area contributed by atoms with Gasteiger partial charge in [-0.25, -0.2) is 0 Å². The summed E-state index contributed by atoms with van der Waals surface area (Å²) in [7, 11) is 0. The van der Waals surface area contributed by atoms with Crippen molar-refractivity contribution in [1.29, 1.82) is 0 Å². The summed E-state index contributed by atoms with van der Waals surface area (Å²) >= 11 is 0. The molecule has 0 fully saturated rings. The number of para-hydroxylation sites is 1. The van der Waals surface area contributed by atoms with Crippen LogP contribution in [0.15, 0.2) is 72.8 Å². The van der Waals surface area contributed by atoms with Crippen molar-refractivity contribution in [2.24, 2.45) is 0 Å². The van der Waals surface area contributed by atoms with Gasteiger partial charge in [-0.3, -0.25) is 9.59 Å². The number of anilines is 1. The number of carbonyl (C=O) groups is 2. The van der Waals surface area contributed by atoms with Crippen LogP contribution in [-0.4, -0.2) is 17.9 Å². The molecular weight excluding hydrogens is 388 g/mol. The molecule has 0 saturated carbocycles. The standard InChI is InChI=1S/C26H28N2O3/c1-17-14-15-18(2)24(16-17)31-20(4)25(29)28-23-13-9-8-12-22(23)26(30)27-19(3)21-10-6-5-7-11-21/h5-16,19-20H,1-4H3,(H,27,30)(H,28,29)/t19-,20-/m0/s1. The number of rotatable bonds is 7. The second-order valence-electron chi connectivity index (χ2n) is 7.67. The molecule has 0 aromatic heterocycles. The van der Waals surface area contributed by atoms with E-state index in [1.54, 1.807) is 31.2 Å². The molecule has 0 saturated heterocycles. The lowest BCUT2D eigenvalue weighted by Crippen LogP contribution is -2.32. The number of hydrogen-bond acceptors (Lipinski definition) is 3. The maximum Gasteiger partial charge on any atom is 0.265 e. The van der Waals surface area contributed by atoms with Crippen molar-refractivity contribution in [3.05, 3.63) is 95.1 Å². The van der Waals surface area contributed by atoms with E-state index in [2.05, 4.69) is 10.6 Å². The lowest BCUT2D eigenvalue weighted by atomic mass is 10.1. The van der Waals surface area contributed by atoms with Gasteiger partial charge in [0.1, 0.15) is 5.75 Å². The summed E-state index contributed by atoms with van der Waals surface area (Å²) in [5.74, 6) is 0.0954. The summed E-state index contributed by atoms with van der Waals surface area (Å²) < 4.78 is 5.87. The van der Waals surface area contributed by atoms with Crippen LogP contribution in [0.2, 0.25) is 0 Å². The normalized spacial score (nSPS) is 12.5. The first kappa shape index (κ1) is 22.1. The van der Waals surface area contributed by atoms with E-state index in [1.165, 1.54) is 0 Å². The Labute approximate surface area is 183 Å². The first-order valence-electron chi connectivity index (χ1n) is 10.3. The Balaban J connectivity index is 1.70. The average molecular weight is 417 g/mol. The molecule has 5 nitrogen and oxygen atoms in total. The topological polar surface area (TPSA) is 67.4 Å². The number of aryl methyl sites for hydroxylation is 2. The van der Waals surface area contributed by atoms with Crippen LogP contribution in [0.5, 0.6) is 5.75 Å². The minimum Gasteiger partial charge on any atom is -0.481 e. The molecule has 5 heteroatoms. The van der Waals surface area contributed by atoms with Gasteiger partial charge < -0.3 is 15.4 Å². The number of carbonyl (C=O) groups excluding carboxylic acids is 2. The molecule has 3 rings (SSSR count). The number of benzene rings is 3. The highest BCUT2D eigenvalue weighted by Crippen LogP contribution is 2.22. The summed E-state index contributed by atoms with van der Waals surface area (Å²) in [5, 5.41) is 5.82. The van der Waals surface area contributed by atoms with Crippen LogP contribution >= 0.6 is 0 Å². The summed E-state index contributed by atoms with van der Waals surface area (Å²) in [6, 6.07) is 22.4. The van der Waals surface area contributed by atoms with Gasteiger partial charge in [0.2, 0.25) is 0 Å². The minimum absolute atomic E-state index is 0.163. The van der Waals surface area contributed by atoms with Crippen molar-refractivity contribution in [2.45, 2.75) is 39.8 Å². The largest absolute Gasteiger partial charge is 0.481 e. The second-order valence-corrected chi connectivity index (χ2v) is 7.67. The molecule has 0 bridgehead atoms. The third kappa shape index (κ3) is 5.72. The Morgan fingerprint density at radius 3 is 2.29 bits per heavy atom. The van der Waals surface area contributed by atoms with Gasteiger partial charge in [-0.1, -0.05) is 54.6 Å². The molecule has 3 aromatic rings. The van der Waals surface area contributed by atoms with Crippen LogP contribution < -0.4 is 15.4 Å². The zero-order valence-electron chi connectivity index (χ0n) is 18.3. The predicted molar refractivity (Wildman–Crippen MR) is 123 cm³/mol. The maximum atomic E-state index is 12.9. The van der Waals surface area contributed by atoms with Crippen LogP contribution in [0.1, 0.15) is 46.9 Å². The highest BCUT2D eigenvalue weighted by molar-refractivity contribution is 6.04. The Morgan fingerprint density at radius 2 is 1.55 bits per heavy atom. The molecule has 0 heterocycles. The molecule has 0 unspecified atom stereocenters. The van der Waals surface area contributed by atoms with Gasteiger partial charge in [0, 0.05) is 0 Å². The molecule has 2 atom stereocenters. The van der Waals surface area contributed by atoms with Gasteiger partial charge >= 0.3 is 0 Å². The molecule has 0 aliphatic carbocycles. The van der Waals surface area contributed by atoms with E-state index < -0.39 is 6.10 Å². The van der Waals surface area contributed by atoms with Crippen molar-refractivity contribution in [2.75, 3.05) is 5.32 Å². The van der Waals surface area contributed by atoms with E-state index in [9.17, 15) is 9.59 Å². The third-order valence-corrected chi connectivity index (χ3v) is 5.09. The average Bonchev–Trinajstić information content (AvgIpc) is 2.77. The number of nitrogens with one attached hydrogen (secondary N) is 2. The summed E-state index contributed by atoms with van der Waals surface area (Å²) in [5.41, 5.74) is 3.87. The van der Waals surface area contributed by atoms with Crippen LogP contribution in [-0.2, 0) is 4.79 Å². The molecule has 3 aromatic carbocycles. The fourth-order valence-electron chi connectivity index (χ4n) is 3.20. The van der Waals surface area contributed by atoms with Crippen molar-refractivity contribution in [1.82, 2.24) is 5.32 Å². The zero-order valence-corrected chi connectivity index (χ0v) is 18.3. The van der Waals surface area contributed by atoms with Crippen LogP contribution in [0.3, 0.4) is 0 Å². The molecule has 2 amide bonds. The number of ether oxygens (including phenoxy) is 1. The lowest BCUT2D eigenvalue weighted by Gasteiger charge is -2.19. The highest BCUT2D eigenvalue weighted by atomic mass is 16.5. The van der Waals surface area contributed by atoms with E-state index in [0.717, 1.165) is 16.7 Å². The molecule has 2 N–H and O–H groups in total. The smallest absolute Gasteiger partial charge is 0.265 e. The number of hydrogen-bond donors (Lipinski definition) is 2. The van der Waals surface area contributed by atoms with Crippen molar-refractivity contribution in [3.63, 3.8) is 0 Å². The van der Waals surface area contributed by atoms with Crippen LogP contribution in [0, 0.1) is 13.8 Å². The Morgan fingerprint density at radius 1 is 0.871 bits per heavy atom. The van der Waals surface area contributed by atoms with Crippen molar-refractivity contribution >= 4 is 17.5 Å².